The number of carbonyl (C=O) groups is 1. The Bertz CT molecular complexity index is 923. The highest BCUT2D eigenvalue weighted by atomic mass is 35.5. The van der Waals surface area contributed by atoms with Crippen molar-refractivity contribution >= 4 is 27.5 Å². The molecule has 150 valence electrons. The molecule has 0 radical (unpaired) electrons. The third-order valence-corrected chi connectivity index (χ3v) is 7.02. The number of sulfonamides is 1. The lowest BCUT2D eigenvalue weighted by molar-refractivity contribution is 0.0954. The molecule has 1 fully saturated rings. The van der Waals surface area contributed by atoms with Gasteiger partial charge in [0.1, 0.15) is 0 Å². The molecule has 1 saturated heterocycles. The van der Waals surface area contributed by atoms with Gasteiger partial charge in [-0.05, 0) is 55.2 Å². The average Bonchev–Trinajstić information content (AvgIpc) is 2.98. The molecule has 28 heavy (non-hydrogen) atoms. The topological polar surface area (TPSA) is 66.5 Å². The van der Waals surface area contributed by atoms with Crippen molar-refractivity contribution in [2.75, 3.05) is 19.6 Å². The van der Waals surface area contributed by atoms with Crippen molar-refractivity contribution < 1.29 is 13.2 Å². The Kier molecular flexibility index (Phi) is 7.10. The van der Waals surface area contributed by atoms with E-state index in [1.165, 1.54) is 10.4 Å². The number of hydrogen-bond acceptors (Lipinski definition) is 3. The first-order valence-corrected chi connectivity index (χ1v) is 11.4. The van der Waals surface area contributed by atoms with Gasteiger partial charge in [0, 0.05) is 30.2 Å². The zero-order valence-electron chi connectivity index (χ0n) is 15.7. The van der Waals surface area contributed by atoms with Crippen LogP contribution in [0.4, 0.5) is 0 Å². The minimum atomic E-state index is -3.57. The van der Waals surface area contributed by atoms with Crippen LogP contribution in [0.15, 0.2) is 53.4 Å². The summed E-state index contributed by atoms with van der Waals surface area (Å²) in [5.74, 6) is -0.282. The van der Waals surface area contributed by atoms with Gasteiger partial charge in [-0.1, -0.05) is 42.6 Å². The van der Waals surface area contributed by atoms with Crippen LogP contribution >= 0.6 is 11.6 Å². The van der Waals surface area contributed by atoms with Crippen molar-refractivity contribution in [3.8, 4) is 0 Å². The molecule has 0 unspecified atom stereocenters. The molecule has 2 aromatic rings. The summed E-state index contributed by atoms with van der Waals surface area (Å²) in [7, 11) is -3.57. The Hall–Kier alpha value is -1.89. The molecule has 7 heteroatoms. The summed E-state index contributed by atoms with van der Waals surface area (Å²) < 4.78 is 27.4. The first-order valence-electron chi connectivity index (χ1n) is 9.60. The zero-order valence-corrected chi connectivity index (χ0v) is 17.3. The number of nitrogens with zero attached hydrogens (tertiary/aromatic N) is 1. The molecule has 2 aromatic carbocycles. The number of benzene rings is 2. The van der Waals surface area contributed by atoms with Crippen LogP contribution in [0.3, 0.4) is 0 Å². The number of nitrogens with one attached hydrogen (secondary N) is 1. The molecule has 5 nitrogen and oxygen atoms in total. The molecule has 1 N–H and O–H groups in total. The Balaban J connectivity index is 1.65. The van der Waals surface area contributed by atoms with Gasteiger partial charge in [-0.15, -0.1) is 0 Å². The highest BCUT2D eigenvalue weighted by Crippen LogP contribution is 2.21. The van der Waals surface area contributed by atoms with Gasteiger partial charge in [0.25, 0.3) is 5.91 Å². The predicted octanol–water partition coefficient (Wildman–Crippen LogP) is 3.88. The lowest BCUT2D eigenvalue weighted by Crippen LogP contribution is -2.32. The predicted molar refractivity (Wildman–Crippen MR) is 111 cm³/mol. The summed E-state index contributed by atoms with van der Waals surface area (Å²) in [5, 5.41) is 3.51. The smallest absolute Gasteiger partial charge is 0.251 e. The van der Waals surface area contributed by atoms with Crippen LogP contribution in [0.2, 0.25) is 5.02 Å². The SMILES string of the molecule is O=C(NCCc1cccc(Cl)c1)c1cccc(S(=O)(=O)N2CCCCCC2)c1. The average molecular weight is 421 g/mol. The Morgan fingerprint density at radius 3 is 2.43 bits per heavy atom. The lowest BCUT2D eigenvalue weighted by Gasteiger charge is -2.20. The quantitative estimate of drug-likeness (QED) is 0.771. The fourth-order valence-corrected chi connectivity index (χ4v) is 5.12. The molecule has 0 saturated carbocycles. The summed E-state index contributed by atoms with van der Waals surface area (Å²) in [6.07, 6.45) is 4.52. The van der Waals surface area contributed by atoms with Gasteiger partial charge in [0.15, 0.2) is 0 Å². The van der Waals surface area contributed by atoms with Gasteiger partial charge in [-0.3, -0.25) is 4.79 Å². The Morgan fingerprint density at radius 1 is 1.00 bits per heavy atom. The first kappa shape index (κ1) is 20.8. The van der Waals surface area contributed by atoms with Gasteiger partial charge in [0.2, 0.25) is 10.0 Å². The second-order valence-corrected chi connectivity index (χ2v) is 9.36. The molecule has 1 amide bonds. The molecule has 0 bridgehead atoms. The maximum Gasteiger partial charge on any atom is 0.251 e. The zero-order chi connectivity index (χ0) is 20.0. The van der Waals surface area contributed by atoms with Crippen LogP contribution in [0.1, 0.15) is 41.6 Å². The summed E-state index contributed by atoms with van der Waals surface area (Å²) in [4.78, 5) is 12.6. The van der Waals surface area contributed by atoms with Crippen LogP contribution in [-0.2, 0) is 16.4 Å². The molecule has 0 aromatic heterocycles. The molecule has 0 atom stereocenters. The van der Waals surface area contributed by atoms with E-state index >= 15 is 0 Å². The third-order valence-electron chi connectivity index (χ3n) is 4.89. The van der Waals surface area contributed by atoms with E-state index in [9.17, 15) is 13.2 Å². The molecular weight excluding hydrogens is 396 g/mol. The summed E-state index contributed by atoms with van der Waals surface area (Å²) in [5.41, 5.74) is 1.38. The maximum absolute atomic E-state index is 12.9. The first-order chi connectivity index (χ1) is 13.5. The van der Waals surface area contributed by atoms with E-state index in [1.54, 1.807) is 24.3 Å². The minimum Gasteiger partial charge on any atom is -0.352 e. The van der Waals surface area contributed by atoms with Gasteiger partial charge in [0.05, 0.1) is 4.90 Å². The van der Waals surface area contributed by atoms with Crippen molar-refractivity contribution in [3.63, 3.8) is 0 Å². The highest BCUT2D eigenvalue weighted by molar-refractivity contribution is 7.89. The summed E-state index contributed by atoms with van der Waals surface area (Å²) in [6.45, 7) is 1.53. The van der Waals surface area contributed by atoms with Crippen LogP contribution in [0.5, 0.6) is 0 Å². The molecule has 1 heterocycles. The number of amides is 1. The molecule has 1 aliphatic rings. The van der Waals surface area contributed by atoms with Crippen LogP contribution in [-0.4, -0.2) is 38.3 Å². The Morgan fingerprint density at radius 2 is 1.71 bits per heavy atom. The van der Waals surface area contributed by atoms with Gasteiger partial charge in [-0.2, -0.15) is 4.31 Å². The lowest BCUT2D eigenvalue weighted by atomic mass is 10.1. The molecule has 3 rings (SSSR count). The van der Waals surface area contributed by atoms with Crippen molar-refractivity contribution in [1.82, 2.24) is 9.62 Å². The second kappa shape index (κ2) is 9.54. The van der Waals surface area contributed by atoms with E-state index in [-0.39, 0.29) is 10.8 Å². The van der Waals surface area contributed by atoms with Crippen LogP contribution in [0, 0.1) is 0 Å². The fraction of sp³-hybridized carbons (Fsp3) is 0.381. The monoisotopic (exact) mass is 420 g/mol. The highest BCUT2D eigenvalue weighted by Gasteiger charge is 2.25. The van der Waals surface area contributed by atoms with E-state index < -0.39 is 10.0 Å². The number of hydrogen-bond donors (Lipinski definition) is 1. The number of carbonyl (C=O) groups excluding carboxylic acids is 1. The maximum atomic E-state index is 12.9. The normalized spacial score (nSPS) is 15.8. The van der Waals surface area contributed by atoms with Crippen molar-refractivity contribution in [2.45, 2.75) is 37.0 Å². The van der Waals surface area contributed by atoms with Gasteiger partial charge < -0.3 is 5.32 Å². The minimum absolute atomic E-state index is 0.178. The van der Waals surface area contributed by atoms with E-state index in [1.807, 2.05) is 18.2 Å². The fourth-order valence-electron chi connectivity index (χ4n) is 3.34. The molecule has 0 spiro atoms. The van der Waals surface area contributed by atoms with E-state index in [2.05, 4.69) is 5.32 Å². The van der Waals surface area contributed by atoms with E-state index in [4.69, 9.17) is 11.6 Å². The number of rotatable bonds is 6. The van der Waals surface area contributed by atoms with Crippen molar-refractivity contribution in [3.05, 3.63) is 64.7 Å². The van der Waals surface area contributed by atoms with Crippen molar-refractivity contribution in [2.24, 2.45) is 0 Å². The summed E-state index contributed by atoms with van der Waals surface area (Å²) in [6, 6.07) is 13.8. The van der Waals surface area contributed by atoms with E-state index in [0.717, 1.165) is 31.2 Å². The van der Waals surface area contributed by atoms with Gasteiger partial charge >= 0.3 is 0 Å². The summed E-state index contributed by atoms with van der Waals surface area (Å²) >= 11 is 5.97. The van der Waals surface area contributed by atoms with E-state index in [0.29, 0.717) is 36.6 Å². The Labute approximate surface area is 171 Å². The van der Waals surface area contributed by atoms with Crippen LogP contribution in [0.25, 0.3) is 0 Å². The molecule has 0 aliphatic carbocycles. The second-order valence-electron chi connectivity index (χ2n) is 6.98. The van der Waals surface area contributed by atoms with Gasteiger partial charge in [-0.25, -0.2) is 8.42 Å². The van der Waals surface area contributed by atoms with Crippen molar-refractivity contribution in [1.29, 1.82) is 0 Å². The largest absolute Gasteiger partial charge is 0.352 e. The number of halogens is 1. The van der Waals surface area contributed by atoms with Crippen LogP contribution < -0.4 is 5.32 Å². The molecule has 1 aliphatic heterocycles. The third kappa shape index (κ3) is 5.34. The molecular formula is C21H25ClN2O3S. The standard InChI is InChI=1S/C21H25ClN2O3S/c22-19-9-5-7-17(15-19)11-12-23-21(25)18-8-6-10-20(16-18)28(26,27)24-13-3-1-2-4-14-24/h5-10,15-16H,1-4,11-14H2,(H,23,25).